The number of ether oxygens (including phenoxy) is 3. The number of halogens is 1. The molecule has 0 amide bonds. The van der Waals surface area contributed by atoms with Gasteiger partial charge < -0.3 is 14.2 Å². The molecule has 0 bridgehead atoms. The highest BCUT2D eigenvalue weighted by molar-refractivity contribution is 9.10. The molecule has 2 aliphatic heterocycles. The second kappa shape index (κ2) is 7.33. The molecule has 8 heteroatoms. The van der Waals surface area contributed by atoms with E-state index in [1.807, 2.05) is 18.2 Å². The van der Waals surface area contributed by atoms with Gasteiger partial charge in [0.15, 0.2) is 11.5 Å². The third kappa shape index (κ3) is 3.41. The van der Waals surface area contributed by atoms with Gasteiger partial charge in [-0.25, -0.2) is 8.42 Å². The zero-order valence-corrected chi connectivity index (χ0v) is 17.3. The topological polar surface area (TPSA) is 65.1 Å². The van der Waals surface area contributed by atoms with Crippen molar-refractivity contribution in [1.82, 2.24) is 4.31 Å². The van der Waals surface area contributed by atoms with Crippen molar-refractivity contribution in [3.8, 4) is 17.2 Å². The van der Waals surface area contributed by atoms with E-state index in [1.165, 1.54) is 7.11 Å². The van der Waals surface area contributed by atoms with Crippen LogP contribution in [-0.4, -0.2) is 39.6 Å². The monoisotopic (exact) mass is 453 g/mol. The average Bonchev–Trinajstić information content (AvgIpc) is 3.18. The summed E-state index contributed by atoms with van der Waals surface area (Å²) in [7, 11) is -2.24. The largest absolute Gasteiger partial charge is 0.495 e. The molecule has 0 saturated carbocycles. The van der Waals surface area contributed by atoms with E-state index < -0.39 is 10.0 Å². The summed E-state index contributed by atoms with van der Waals surface area (Å²) in [6.07, 6.45) is 1.56. The standard InChI is InChI=1S/C19H20BrNO5S/c1-24-17-7-5-14(20)12-19(17)27(22,23)21-8-2-3-15(21)13-4-6-16-18(11-13)26-10-9-25-16/h4-7,11-12,15H,2-3,8-10H2,1H3/t15-/m1/s1. The Morgan fingerprint density at radius 3 is 2.67 bits per heavy atom. The van der Waals surface area contributed by atoms with Crippen molar-refractivity contribution in [1.29, 1.82) is 0 Å². The summed E-state index contributed by atoms with van der Waals surface area (Å²) in [4.78, 5) is 0.170. The molecule has 4 rings (SSSR count). The van der Waals surface area contributed by atoms with Crippen LogP contribution in [0.25, 0.3) is 0 Å². The second-order valence-corrected chi connectivity index (χ2v) is 9.25. The van der Waals surface area contributed by atoms with Crippen molar-refractivity contribution in [2.45, 2.75) is 23.8 Å². The first-order valence-electron chi connectivity index (χ1n) is 8.75. The van der Waals surface area contributed by atoms with Crippen LogP contribution in [0.1, 0.15) is 24.4 Å². The van der Waals surface area contributed by atoms with Crippen LogP contribution >= 0.6 is 15.9 Å². The van der Waals surface area contributed by atoms with Gasteiger partial charge in [-0.3, -0.25) is 0 Å². The molecule has 2 aliphatic rings. The van der Waals surface area contributed by atoms with Crippen molar-refractivity contribution in [2.75, 3.05) is 26.9 Å². The van der Waals surface area contributed by atoms with E-state index >= 15 is 0 Å². The molecular weight excluding hydrogens is 434 g/mol. The lowest BCUT2D eigenvalue weighted by molar-refractivity contribution is 0.171. The molecule has 144 valence electrons. The highest BCUT2D eigenvalue weighted by atomic mass is 79.9. The number of hydrogen-bond acceptors (Lipinski definition) is 5. The van der Waals surface area contributed by atoms with Gasteiger partial charge in [-0.1, -0.05) is 22.0 Å². The Morgan fingerprint density at radius 2 is 1.89 bits per heavy atom. The van der Waals surface area contributed by atoms with E-state index in [-0.39, 0.29) is 10.9 Å². The molecule has 1 atom stereocenters. The Balaban J connectivity index is 1.72. The summed E-state index contributed by atoms with van der Waals surface area (Å²) >= 11 is 3.36. The van der Waals surface area contributed by atoms with Gasteiger partial charge in [0.2, 0.25) is 10.0 Å². The summed E-state index contributed by atoms with van der Waals surface area (Å²) in [5.74, 6) is 1.71. The summed E-state index contributed by atoms with van der Waals surface area (Å²) in [6.45, 7) is 1.49. The number of rotatable bonds is 4. The van der Waals surface area contributed by atoms with Gasteiger partial charge >= 0.3 is 0 Å². The summed E-state index contributed by atoms with van der Waals surface area (Å²) in [5.41, 5.74) is 0.911. The number of methoxy groups -OCH3 is 1. The first-order chi connectivity index (χ1) is 13.0. The van der Waals surface area contributed by atoms with Crippen LogP contribution < -0.4 is 14.2 Å². The van der Waals surface area contributed by atoms with Gasteiger partial charge in [-0.15, -0.1) is 0 Å². The fraction of sp³-hybridized carbons (Fsp3) is 0.368. The van der Waals surface area contributed by atoms with E-state index in [4.69, 9.17) is 14.2 Å². The Hall–Kier alpha value is -1.77. The lowest BCUT2D eigenvalue weighted by Gasteiger charge is -2.26. The van der Waals surface area contributed by atoms with E-state index in [9.17, 15) is 8.42 Å². The lowest BCUT2D eigenvalue weighted by Crippen LogP contribution is -2.31. The van der Waals surface area contributed by atoms with Crippen LogP contribution in [0, 0.1) is 0 Å². The van der Waals surface area contributed by atoms with Crippen LogP contribution in [-0.2, 0) is 10.0 Å². The van der Waals surface area contributed by atoms with Gasteiger partial charge in [0.05, 0.1) is 13.2 Å². The predicted octanol–water partition coefficient (Wildman–Crippen LogP) is 3.75. The maximum absolute atomic E-state index is 13.4. The summed E-state index contributed by atoms with van der Waals surface area (Å²) < 4.78 is 45.6. The second-order valence-electron chi connectivity index (χ2n) is 6.47. The van der Waals surface area contributed by atoms with E-state index in [2.05, 4.69) is 15.9 Å². The molecule has 0 radical (unpaired) electrons. The molecule has 0 N–H and O–H groups in total. The molecule has 6 nitrogen and oxygen atoms in total. The van der Waals surface area contributed by atoms with Crippen molar-refractivity contribution in [3.63, 3.8) is 0 Å². The van der Waals surface area contributed by atoms with Gasteiger partial charge in [-0.05, 0) is 48.7 Å². The normalized spacial score (nSPS) is 19.9. The van der Waals surface area contributed by atoms with E-state index in [0.717, 1.165) is 18.4 Å². The molecule has 27 heavy (non-hydrogen) atoms. The zero-order chi connectivity index (χ0) is 19.0. The molecule has 0 aliphatic carbocycles. The Bertz CT molecular complexity index is 963. The molecule has 0 aromatic heterocycles. The number of nitrogens with zero attached hydrogens (tertiary/aromatic N) is 1. The minimum Gasteiger partial charge on any atom is -0.495 e. The van der Waals surface area contributed by atoms with E-state index in [0.29, 0.717) is 41.5 Å². The molecule has 2 heterocycles. The molecule has 0 unspecified atom stereocenters. The van der Waals surface area contributed by atoms with Gasteiger partial charge in [0, 0.05) is 11.0 Å². The Kier molecular flexibility index (Phi) is 5.05. The minimum absolute atomic E-state index is 0.170. The SMILES string of the molecule is COc1ccc(Br)cc1S(=O)(=O)N1CCC[C@@H]1c1ccc2c(c1)OCCO2. The van der Waals surface area contributed by atoms with Crippen LogP contribution in [0.2, 0.25) is 0 Å². The molecule has 0 spiro atoms. The van der Waals surface area contributed by atoms with Crippen LogP contribution in [0.3, 0.4) is 0 Å². The maximum atomic E-state index is 13.4. The highest BCUT2D eigenvalue weighted by Crippen LogP contribution is 2.42. The van der Waals surface area contributed by atoms with Crippen molar-refractivity contribution < 1.29 is 22.6 Å². The molecule has 2 aromatic carbocycles. The lowest BCUT2D eigenvalue weighted by atomic mass is 10.0. The Morgan fingerprint density at radius 1 is 1.11 bits per heavy atom. The van der Waals surface area contributed by atoms with Gasteiger partial charge in [0.1, 0.15) is 23.9 Å². The number of benzene rings is 2. The molecule has 1 fully saturated rings. The first-order valence-corrected chi connectivity index (χ1v) is 11.0. The Labute approximate surface area is 167 Å². The zero-order valence-electron chi connectivity index (χ0n) is 14.9. The third-order valence-corrected chi connectivity index (χ3v) is 7.29. The quantitative estimate of drug-likeness (QED) is 0.704. The molecular formula is C19H20BrNO5S. The van der Waals surface area contributed by atoms with Crippen molar-refractivity contribution in [3.05, 3.63) is 46.4 Å². The minimum atomic E-state index is -3.72. The number of hydrogen-bond donors (Lipinski definition) is 0. The van der Waals surface area contributed by atoms with Crippen LogP contribution in [0.15, 0.2) is 45.8 Å². The summed E-state index contributed by atoms with van der Waals surface area (Å²) in [6, 6.07) is 10.4. The fourth-order valence-corrected chi connectivity index (χ4v) is 5.98. The van der Waals surface area contributed by atoms with Gasteiger partial charge in [-0.2, -0.15) is 4.31 Å². The summed E-state index contributed by atoms with van der Waals surface area (Å²) in [5, 5.41) is 0. The molecule has 2 aromatic rings. The maximum Gasteiger partial charge on any atom is 0.247 e. The smallest absolute Gasteiger partial charge is 0.247 e. The fourth-order valence-electron chi connectivity index (χ4n) is 3.61. The van der Waals surface area contributed by atoms with Gasteiger partial charge in [0.25, 0.3) is 0 Å². The number of sulfonamides is 1. The van der Waals surface area contributed by atoms with Crippen molar-refractivity contribution in [2.24, 2.45) is 0 Å². The van der Waals surface area contributed by atoms with Crippen LogP contribution in [0.5, 0.6) is 17.2 Å². The predicted molar refractivity (Wildman–Crippen MR) is 104 cm³/mol. The highest BCUT2D eigenvalue weighted by Gasteiger charge is 2.38. The third-order valence-electron chi connectivity index (χ3n) is 4.87. The number of fused-ring (bicyclic) bond motifs is 1. The van der Waals surface area contributed by atoms with Crippen molar-refractivity contribution >= 4 is 26.0 Å². The molecule has 1 saturated heterocycles. The average molecular weight is 454 g/mol. The van der Waals surface area contributed by atoms with Crippen LogP contribution in [0.4, 0.5) is 0 Å². The van der Waals surface area contributed by atoms with E-state index in [1.54, 1.807) is 22.5 Å². The first kappa shape index (κ1) is 18.6.